The Kier molecular flexibility index (Phi) is 15.5. The lowest BCUT2D eigenvalue weighted by Gasteiger charge is -2.41. The van der Waals surface area contributed by atoms with Crippen LogP contribution < -0.4 is 5.32 Å². The third-order valence-corrected chi connectivity index (χ3v) is 9.91. The van der Waals surface area contributed by atoms with Crippen LogP contribution in [0, 0.1) is 0 Å². The number of hydrogen-bond acceptors (Lipinski definition) is 8. The summed E-state index contributed by atoms with van der Waals surface area (Å²) in [5, 5.41) is 14.6. The number of hydrogen-bond donors (Lipinski definition) is 2. The number of ether oxygens (including phenoxy) is 3. The zero-order valence-electron chi connectivity index (χ0n) is 27.9. The second-order valence-corrected chi connectivity index (χ2v) is 13.5. The van der Waals surface area contributed by atoms with Crippen molar-refractivity contribution in [3.8, 4) is 0 Å². The van der Waals surface area contributed by atoms with E-state index in [0.717, 1.165) is 11.1 Å². The summed E-state index contributed by atoms with van der Waals surface area (Å²) in [5.74, 6) is 0. The lowest BCUT2D eigenvalue weighted by atomic mass is 9.99. The summed E-state index contributed by atoms with van der Waals surface area (Å²) in [4.78, 5) is 0. The summed E-state index contributed by atoms with van der Waals surface area (Å²) in [5.41, 5.74) is -1.12. The SMILES string of the molecule is CCOP(=O)(OCC)C(F)(F)[C@H](NCc1ccccc1)[C@@H](OCc1ccccc1)[C@H](OCc1ccccc1)[C@H](O)COCc1ccccc1. The van der Waals surface area contributed by atoms with E-state index < -0.39 is 37.6 Å². The molecule has 0 aliphatic heterocycles. The smallest absolute Gasteiger partial charge is 0.388 e. The Labute approximate surface area is 287 Å². The lowest BCUT2D eigenvalue weighted by Crippen LogP contribution is -2.60. The molecule has 0 aliphatic carbocycles. The van der Waals surface area contributed by atoms with Crippen LogP contribution in [0.3, 0.4) is 0 Å². The average Bonchev–Trinajstić information content (AvgIpc) is 3.12. The van der Waals surface area contributed by atoms with E-state index in [9.17, 15) is 9.67 Å². The predicted molar refractivity (Wildman–Crippen MR) is 185 cm³/mol. The Morgan fingerprint density at radius 2 is 1.06 bits per heavy atom. The monoisotopic (exact) mass is 697 g/mol. The summed E-state index contributed by atoms with van der Waals surface area (Å²) < 4.78 is 77.0. The molecule has 0 aromatic heterocycles. The molecule has 0 fully saturated rings. The van der Waals surface area contributed by atoms with E-state index in [1.54, 1.807) is 36.4 Å². The minimum absolute atomic E-state index is 0.0298. The molecule has 0 unspecified atom stereocenters. The topological polar surface area (TPSA) is 95.5 Å². The molecule has 4 rings (SSSR count). The maximum atomic E-state index is 17.0. The summed E-state index contributed by atoms with van der Waals surface area (Å²) in [7, 11) is -5.10. The van der Waals surface area contributed by atoms with Crippen LogP contribution in [0.4, 0.5) is 8.78 Å². The molecule has 0 bridgehead atoms. The number of halogens is 2. The molecule has 0 aliphatic rings. The number of benzene rings is 4. The van der Waals surface area contributed by atoms with Crippen LogP contribution in [0.2, 0.25) is 0 Å². The van der Waals surface area contributed by atoms with Crippen molar-refractivity contribution < 1.29 is 41.7 Å². The minimum atomic E-state index is -5.10. The average molecular weight is 698 g/mol. The van der Waals surface area contributed by atoms with Gasteiger partial charge >= 0.3 is 13.3 Å². The molecule has 0 heterocycles. The minimum Gasteiger partial charge on any atom is -0.388 e. The normalized spacial score (nSPS) is 14.6. The molecule has 49 heavy (non-hydrogen) atoms. The van der Waals surface area contributed by atoms with Crippen LogP contribution in [0.15, 0.2) is 121 Å². The van der Waals surface area contributed by atoms with Gasteiger partial charge in [-0.15, -0.1) is 0 Å². The fourth-order valence-electron chi connectivity index (χ4n) is 5.29. The molecular weight excluding hydrogens is 651 g/mol. The predicted octanol–water partition coefficient (Wildman–Crippen LogP) is 7.75. The first-order valence-corrected chi connectivity index (χ1v) is 18.0. The van der Waals surface area contributed by atoms with Crippen molar-refractivity contribution in [2.75, 3.05) is 19.8 Å². The largest absolute Gasteiger partial charge is 0.401 e. The molecule has 0 saturated carbocycles. The maximum Gasteiger partial charge on any atom is 0.401 e. The molecular formula is C38H46F2NO7P. The fourth-order valence-corrected chi connectivity index (χ4v) is 6.96. The number of rotatable bonds is 22. The van der Waals surface area contributed by atoms with Crippen molar-refractivity contribution in [2.45, 2.75) is 70.2 Å². The summed E-state index contributed by atoms with van der Waals surface area (Å²) >= 11 is 0. The highest BCUT2D eigenvalue weighted by molar-refractivity contribution is 7.55. The number of aliphatic hydroxyl groups excluding tert-OH is 1. The van der Waals surface area contributed by atoms with Crippen LogP contribution >= 0.6 is 7.60 Å². The Balaban J connectivity index is 1.76. The Bertz CT molecular complexity index is 1510. The van der Waals surface area contributed by atoms with Crippen molar-refractivity contribution in [3.05, 3.63) is 144 Å². The van der Waals surface area contributed by atoms with Gasteiger partial charge in [-0.3, -0.25) is 4.57 Å². The number of alkyl halides is 2. The van der Waals surface area contributed by atoms with Gasteiger partial charge in [-0.05, 0) is 36.1 Å². The Hall–Kier alpha value is -3.31. The Morgan fingerprint density at radius 1 is 0.653 bits per heavy atom. The van der Waals surface area contributed by atoms with Crippen LogP contribution in [-0.2, 0) is 54.2 Å². The summed E-state index contributed by atoms with van der Waals surface area (Å²) in [6.07, 6.45) is -4.42. The molecule has 264 valence electrons. The van der Waals surface area contributed by atoms with E-state index in [4.69, 9.17) is 23.3 Å². The highest BCUT2D eigenvalue weighted by atomic mass is 31.2. The van der Waals surface area contributed by atoms with Crippen molar-refractivity contribution in [1.29, 1.82) is 0 Å². The summed E-state index contributed by atoms with van der Waals surface area (Å²) in [6.45, 7) is 2.11. The van der Waals surface area contributed by atoms with Gasteiger partial charge in [0, 0.05) is 6.54 Å². The molecule has 4 aromatic carbocycles. The van der Waals surface area contributed by atoms with Gasteiger partial charge in [-0.2, -0.15) is 8.78 Å². The maximum absolute atomic E-state index is 17.0. The van der Waals surface area contributed by atoms with Crippen molar-refractivity contribution >= 4 is 7.60 Å². The van der Waals surface area contributed by atoms with Gasteiger partial charge in [0.15, 0.2) is 0 Å². The van der Waals surface area contributed by atoms with Gasteiger partial charge in [-0.25, -0.2) is 0 Å². The van der Waals surface area contributed by atoms with E-state index in [-0.39, 0.29) is 46.2 Å². The van der Waals surface area contributed by atoms with Crippen LogP contribution in [0.5, 0.6) is 0 Å². The van der Waals surface area contributed by atoms with Crippen molar-refractivity contribution in [3.63, 3.8) is 0 Å². The Morgan fingerprint density at radius 3 is 1.51 bits per heavy atom. The third-order valence-electron chi connectivity index (χ3n) is 7.71. The zero-order chi connectivity index (χ0) is 35.0. The zero-order valence-corrected chi connectivity index (χ0v) is 28.8. The first-order chi connectivity index (χ1) is 23.8. The number of nitrogens with one attached hydrogen (secondary N) is 1. The van der Waals surface area contributed by atoms with Gasteiger partial charge in [0.25, 0.3) is 0 Å². The highest BCUT2D eigenvalue weighted by Gasteiger charge is 2.62. The fraction of sp³-hybridized carbons (Fsp3) is 0.368. The molecule has 0 amide bonds. The molecule has 4 aromatic rings. The van der Waals surface area contributed by atoms with Crippen LogP contribution in [0.1, 0.15) is 36.1 Å². The van der Waals surface area contributed by atoms with Gasteiger partial charge in [0.2, 0.25) is 0 Å². The van der Waals surface area contributed by atoms with Crippen molar-refractivity contribution in [2.24, 2.45) is 0 Å². The van der Waals surface area contributed by atoms with Crippen molar-refractivity contribution in [1.82, 2.24) is 5.32 Å². The molecule has 8 nitrogen and oxygen atoms in total. The first kappa shape index (κ1) is 38.5. The summed E-state index contributed by atoms with van der Waals surface area (Å²) in [6, 6.07) is 34.5. The molecule has 0 radical (unpaired) electrons. The number of aliphatic hydroxyl groups is 1. The molecule has 4 atom stereocenters. The first-order valence-electron chi connectivity index (χ1n) is 16.4. The highest BCUT2D eigenvalue weighted by Crippen LogP contribution is 2.64. The molecule has 11 heteroatoms. The van der Waals surface area contributed by atoms with Gasteiger partial charge in [-0.1, -0.05) is 121 Å². The van der Waals surface area contributed by atoms with Gasteiger partial charge < -0.3 is 33.7 Å². The second-order valence-electron chi connectivity index (χ2n) is 11.4. The molecule has 2 N–H and O–H groups in total. The lowest BCUT2D eigenvalue weighted by molar-refractivity contribution is -0.175. The van der Waals surface area contributed by atoms with E-state index in [1.807, 2.05) is 84.9 Å². The van der Waals surface area contributed by atoms with Crippen LogP contribution in [0.25, 0.3) is 0 Å². The molecule has 0 spiro atoms. The van der Waals surface area contributed by atoms with E-state index in [2.05, 4.69) is 5.32 Å². The standard InChI is InChI=1S/C38H46F2NO7P/c1-3-47-49(43,48-4-2)38(39,40)37(41-25-30-17-9-5-10-18-30)36(46-28-33-23-15-8-16-24-33)35(45-27-32-21-13-7-14-22-32)34(42)29-44-26-31-19-11-6-12-20-31/h5-24,34-37,41-42H,3-4,25-29H2,1-2H3/t34-,35-,36+,37-/m1/s1. The van der Waals surface area contributed by atoms with Crippen LogP contribution in [-0.4, -0.2) is 54.9 Å². The quantitative estimate of drug-likeness (QED) is 0.0806. The van der Waals surface area contributed by atoms with E-state index >= 15 is 8.78 Å². The molecule has 0 saturated heterocycles. The van der Waals surface area contributed by atoms with Gasteiger partial charge in [0.1, 0.15) is 24.4 Å². The second kappa shape index (κ2) is 19.8. The van der Waals surface area contributed by atoms with E-state index in [0.29, 0.717) is 11.1 Å². The van der Waals surface area contributed by atoms with E-state index in [1.165, 1.54) is 13.8 Å². The van der Waals surface area contributed by atoms with Gasteiger partial charge in [0.05, 0.1) is 39.6 Å². The third kappa shape index (κ3) is 11.4.